The highest BCUT2D eigenvalue weighted by atomic mass is 79.9. The summed E-state index contributed by atoms with van der Waals surface area (Å²) in [6.45, 7) is 1.66. The summed E-state index contributed by atoms with van der Waals surface area (Å²) in [5.41, 5.74) is 0.724. The van der Waals surface area contributed by atoms with Gasteiger partial charge in [0.1, 0.15) is 15.2 Å². The van der Waals surface area contributed by atoms with Gasteiger partial charge in [-0.2, -0.15) is 0 Å². The van der Waals surface area contributed by atoms with Gasteiger partial charge in [0.2, 0.25) is 0 Å². The first-order valence-electron chi connectivity index (χ1n) is 5.76. The van der Waals surface area contributed by atoms with E-state index >= 15 is 0 Å². The van der Waals surface area contributed by atoms with Gasteiger partial charge in [-0.3, -0.25) is 4.72 Å². The number of nitrogens with zero attached hydrogens (tertiary/aromatic N) is 2. The summed E-state index contributed by atoms with van der Waals surface area (Å²) >= 11 is 3.19. The molecule has 2 N–H and O–H groups in total. The van der Waals surface area contributed by atoms with E-state index in [1.165, 1.54) is 17.8 Å². The molecule has 0 fully saturated rings. The van der Waals surface area contributed by atoms with Crippen molar-refractivity contribution in [1.29, 1.82) is 0 Å². The number of carboxylic acids is 1. The molecule has 0 saturated carbocycles. The zero-order valence-corrected chi connectivity index (χ0v) is 13.6. The fourth-order valence-electron chi connectivity index (χ4n) is 1.74. The molecule has 2 heterocycles. The average molecular weight is 374 g/mol. The third-order valence-electron chi connectivity index (χ3n) is 2.81. The first-order valence-corrected chi connectivity index (χ1v) is 8.04. The summed E-state index contributed by atoms with van der Waals surface area (Å²) in [5.74, 6) is -1.19. The summed E-state index contributed by atoms with van der Waals surface area (Å²) in [5, 5.41) is 8.96. The highest BCUT2D eigenvalue weighted by molar-refractivity contribution is 9.10. The summed E-state index contributed by atoms with van der Waals surface area (Å²) < 4.78 is 28.8. The molecular weight excluding hydrogens is 362 g/mol. The Balaban J connectivity index is 2.38. The van der Waals surface area contributed by atoms with Crippen LogP contribution in [0.5, 0.6) is 0 Å². The first kappa shape index (κ1) is 15.5. The minimum absolute atomic E-state index is 0.110. The Morgan fingerprint density at radius 1 is 1.43 bits per heavy atom. The molecule has 7 nitrogen and oxygen atoms in total. The maximum absolute atomic E-state index is 12.3. The number of aromatic carboxylic acids is 1. The van der Waals surface area contributed by atoms with Crippen LogP contribution in [-0.4, -0.2) is 29.0 Å². The number of carbonyl (C=O) groups is 1. The van der Waals surface area contributed by atoms with Crippen LogP contribution in [-0.2, 0) is 17.1 Å². The molecule has 0 unspecified atom stereocenters. The Morgan fingerprint density at radius 3 is 2.62 bits per heavy atom. The molecule has 0 atom stereocenters. The number of nitrogens with one attached hydrogen (secondary N) is 1. The molecule has 0 saturated heterocycles. The van der Waals surface area contributed by atoms with Crippen molar-refractivity contribution in [2.45, 2.75) is 11.8 Å². The van der Waals surface area contributed by atoms with E-state index in [4.69, 9.17) is 5.11 Å². The van der Waals surface area contributed by atoms with Crippen molar-refractivity contribution in [3.05, 3.63) is 40.4 Å². The lowest BCUT2D eigenvalue weighted by atomic mass is 10.3. The van der Waals surface area contributed by atoms with Crippen LogP contribution in [0.2, 0.25) is 0 Å². The maximum Gasteiger partial charge on any atom is 0.352 e. The smallest absolute Gasteiger partial charge is 0.352 e. The van der Waals surface area contributed by atoms with Crippen LogP contribution >= 0.6 is 15.9 Å². The third-order valence-corrected chi connectivity index (χ3v) is 4.58. The minimum Gasteiger partial charge on any atom is -0.477 e. The van der Waals surface area contributed by atoms with Gasteiger partial charge in [0, 0.05) is 13.2 Å². The van der Waals surface area contributed by atoms with Crippen LogP contribution in [0, 0.1) is 6.92 Å². The number of aryl methyl sites for hydroxylation is 2. The number of carboxylic acid groups (broad SMARTS) is 1. The second kappa shape index (κ2) is 5.49. The molecule has 0 amide bonds. The Bertz CT molecular complexity index is 814. The lowest BCUT2D eigenvalue weighted by molar-refractivity contribution is 0.0686. The van der Waals surface area contributed by atoms with Crippen LogP contribution in [0.1, 0.15) is 16.2 Å². The predicted octanol–water partition coefficient (Wildman–Crippen LogP) is 1.99. The normalized spacial score (nSPS) is 11.4. The molecule has 0 aliphatic rings. The van der Waals surface area contributed by atoms with Crippen LogP contribution in [0.15, 0.2) is 33.9 Å². The molecule has 9 heteroatoms. The number of hydrogen-bond donors (Lipinski definition) is 2. The van der Waals surface area contributed by atoms with Crippen LogP contribution < -0.4 is 4.72 Å². The molecule has 0 aromatic carbocycles. The van der Waals surface area contributed by atoms with Crippen molar-refractivity contribution in [2.75, 3.05) is 4.72 Å². The number of rotatable bonds is 4. The molecule has 0 radical (unpaired) electrons. The minimum atomic E-state index is -3.87. The number of halogens is 1. The zero-order valence-electron chi connectivity index (χ0n) is 11.2. The van der Waals surface area contributed by atoms with E-state index in [9.17, 15) is 13.2 Å². The SMILES string of the molecule is Cc1nc(Br)ccc1NS(=O)(=O)c1cc(C(=O)O)n(C)c1. The molecule has 21 heavy (non-hydrogen) atoms. The topological polar surface area (TPSA) is 101 Å². The van der Waals surface area contributed by atoms with Crippen molar-refractivity contribution in [3.8, 4) is 0 Å². The summed E-state index contributed by atoms with van der Waals surface area (Å²) in [6, 6.07) is 4.29. The van der Waals surface area contributed by atoms with E-state index < -0.39 is 16.0 Å². The Hall–Kier alpha value is -1.87. The van der Waals surface area contributed by atoms with Gasteiger partial charge in [0.05, 0.1) is 11.4 Å². The summed E-state index contributed by atoms with van der Waals surface area (Å²) in [4.78, 5) is 14.9. The van der Waals surface area contributed by atoms with Gasteiger partial charge in [0.15, 0.2) is 0 Å². The predicted molar refractivity (Wildman–Crippen MR) is 79.9 cm³/mol. The first-order chi connectivity index (χ1) is 9.70. The Morgan fingerprint density at radius 2 is 2.10 bits per heavy atom. The maximum atomic E-state index is 12.3. The molecule has 112 valence electrons. The molecule has 2 aromatic rings. The van der Waals surface area contributed by atoms with E-state index in [1.54, 1.807) is 19.1 Å². The van der Waals surface area contributed by atoms with Gasteiger partial charge in [-0.15, -0.1) is 0 Å². The van der Waals surface area contributed by atoms with E-state index in [2.05, 4.69) is 25.6 Å². The van der Waals surface area contributed by atoms with Gasteiger partial charge >= 0.3 is 5.97 Å². The molecule has 0 bridgehead atoms. The molecule has 0 aliphatic heterocycles. The Labute approximate surface area is 129 Å². The second-order valence-electron chi connectivity index (χ2n) is 4.35. The van der Waals surface area contributed by atoms with Gasteiger partial charge < -0.3 is 9.67 Å². The quantitative estimate of drug-likeness (QED) is 0.797. The monoisotopic (exact) mass is 373 g/mol. The van der Waals surface area contributed by atoms with E-state index in [0.29, 0.717) is 16.0 Å². The summed E-state index contributed by atoms with van der Waals surface area (Å²) in [6.07, 6.45) is 1.24. The van der Waals surface area contributed by atoms with Crippen molar-refractivity contribution in [1.82, 2.24) is 9.55 Å². The number of pyridine rings is 1. The summed E-state index contributed by atoms with van der Waals surface area (Å²) in [7, 11) is -2.41. The second-order valence-corrected chi connectivity index (χ2v) is 6.84. The van der Waals surface area contributed by atoms with Crippen LogP contribution in [0.3, 0.4) is 0 Å². The van der Waals surface area contributed by atoms with Gasteiger partial charge in [-0.05, 0) is 41.1 Å². The molecule has 0 spiro atoms. The van der Waals surface area contributed by atoms with Gasteiger partial charge in [-0.1, -0.05) is 0 Å². The van der Waals surface area contributed by atoms with Crippen molar-refractivity contribution >= 4 is 37.6 Å². The van der Waals surface area contributed by atoms with E-state index in [0.717, 1.165) is 6.07 Å². The molecular formula is C12H12BrN3O4S. The highest BCUT2D eigenvalue weighted by Crippen LogP contribution is 2.21. The van der Waals surface area contributed by atoms with Crippen molar-refractivity contribution in [2.24, 2.45) is 7.05 Å². The number of sulfonamides is 1. The standard InChI is InChI=1S/C12H12BrN3O4S/c1-7-9(3-4-11(13)14-7)15-21(19,20)8-5-10(12(17)18)16(2)6-8/h3-6,15H,1-2H3,(H,17,18). The lowest BCUT2D eigenvalue weighted by Gasteiger charge is -2.08. The third kappa shape index (κ3) is 3.24. The number of aromatic nitrogens is 2. The largest absolute Gasteiger partial charge is 0.477 e. The van der Waals surface area contributed by atoms with Crippen molar-refractivity contribution < 1.29 is 18.3 Å². The van der Waals surface area contributed by atoms with E-state index in [-0.39, 0.29) is 10.6 Å². The number of hydrogen-bond acceptors (Lipinski definition) is 4. The van der Waals surface area contributed by atoms with Crippen LogP contribution in [0.25, 0.3) is 0 Å². The van der Waals surface area contributed by atoms with Crippen LogP contribution in [0.4, 0.5) is 5.69 Å². The highest BCUT2D eigenvalue weighted by Gasteiger charge is 2.21. The Kier molecular flexibility index (Phi) is 4.06. The average Bonchev–Trinajstić information content (AvgIpc) is 2.76. The molecule has 2 aromatic heterocycles. The molecule has 2 rings (SSSR count). The lowest BCUT2D eigenvalue weighted by Crippen LogP contribution is -2.13. The molecule has 0 aliphatic carbocycles. The number of anilines is 1. The van der Waals surface area contributed by atoms with E-state index in [1.807, 2.05) is 0 Å². The fraction of sp³-hybridized carbons (Fsp3) is 0.167. The zero-order chi connectivity index (χ0) is 15.8. The van der Waals surface area contributed by atoms with Gasteiger partial charge in [-0.25, -0.2) is 18.2 Å². The van der Waals surface area contributed by atoms with Gasteiger partial charge in [0.25, 0.3) is 10.0 Å². The fourth-order valence-corrected chi connectivity index (χ4v) is 3.32. The van der Waals surface area contributed by atoms with Crippen molar-refractivity contribution in [3.63, 3.8) is 0 Å².